The van der Waals surface area contributed by atoms with Gasteiger partial charge in [-0.2, -0.15) is 0 Å². The number of hydrogen-bond donors (Lipinski definition) is 2. The number of aliphatic hydroxyl groups excluding tert-OH is 1. The average molecular weight is 276 g/mol. The van der Waals surface area contributed by atoms with Crippen LogP contribution in [0.2, 0.25) is 0 Å². The summed E-state index contributed by atoms with van der Waals surface area (Å²) in [7, 11) is 1.50. The summed E-state index contributed by atoms with van der Waals surface area (Å²) in [4.78, 5) is 11.4. The van der Waals surface area contributed by atoms with Crippen molar-refractivity contribution in [1.82, 2.24) is 0 Å². The van der Waals surface area contributed by atoms with E-state index in [0.717, 1.165) is 5.39 Å². The zero-order chi connectivity index (χ0) is 14.8. The molecule has 20 heavy (non-hydrogen) atoms. The zero-order valence-corrected chi connectivity index (χ0v) is 11.3. The van der Waals surface area contributed by atoms with E-state index in [1.807, 2.05) is 0 Å². The summed E-state index contributed by atoms with van der Waals surface area (Å²) >= 11 is 0. The molecule has 1 atom stereocenters. The molecule has 2 aromatic rings. The van der Waals surface area contributed by atoms with Gasteiger partial charge in [0.05, 0.1) is 19.3 Å². The van der Waals surface area contributed by atoms with Crippen molar-refractivity contribution in [2.45, 2.75) is 12.5 Å². The van der Waals surface area contributed by atoms with Gasteiger partial charge in [-0.15, -0.1) is 0 Å². The van der Waals surface area contributed by atoms with Gasteiger partial charge in [0.25, 0.3) is 0 Å². The summed E-state index contributed by atoms with van der Waals surface area (Å²) in [5.41, 5.74) is -0.907. The summed E-state index contributed by atoms with van der Waals surface area (Å²) in [6.07, 6.45) is 3.00. The quantitative estimate of drug-likeness (QED) is 0.828. The summed E-state index contributed by atoms with van der Waals surface area (Å²) in [6, 6.07) is 6.52. The molecule has 0 saturated heterocycles. The van der Waals surface area contributed by atoms with E-state index in [4.69, 9.17) is 14.3 Å². The van der Waals surface area contributed by atoms with Crippen LogP contribution in [0.3, 0.4) is 0 Å². The summed E-state index contributed by atoms with van der Waals surface area (Å²) in [6.45, 7) is 1.05. The topological polar surface area (TPSA) is 79.9 Å². The molecule has 2 N–H and O–H groups in total. The molecule has 1 heterocycles. The predicted octanol–water partition coefficient (Wildman–Crippen LogP) is 1.56. The number of rotatable bonds is 4. The van der Waals surface area contributed by atoms with Crippen LogP contribution in [-0.2, 0) is 0 Å². The van der Waals surface area contributed by atoms with E-state index in [2.05, 4.69) is 0 Å². The van der Waals surface area contributed by atoms with Crippen LogP contribution in [0.5, 0.6) is 5.75 Å². The zero-order valence-electron chi connectivity index (χ0n) is 11.3. The highest BCUT2D eigenvalue weighted by Gasteiger charge is 2.15. The van der Waals surface area contributed by atoms with Gasteiger partial charge in [-0.3, -0.25) is 0 Å². The number of hydrogen-bond acceptors (Lipinski definition) is 5. The maximum Gasteiger partial charge on any atom is 0.336 e. The van der Waals surface area contributed by atoms with Crippen LogP contribution in [0.4, 0.5) is 0 Å². The Balaban J connectivity index is 2.65. The molecule has 0 spiro atoms. The van der Waals surface area contributed by atoms with E-state index < -0.39 is 17.8 Å². The summed E-state index contributed by atoms with van der Waals surface area (Å²) in [5, 5.41) is 19.6. The molecule has 0 aliphatic carbocycles. The lowest BCUT2D eigenvalue weighted by atomic mass is 10.0. The lowest BCUT2D eigenvalue weighted by Gasteiger charge is -2.15. The molecular formula is C15H16O5. The first-order valence-electron chi connectivity index (χ1n) is 6.10. The maximum atomic E-state index is 11.4. The molecule has 1 aromatic heterocycles. The minimum absolute atomic E-state index is 0.377. The first kappa shape index (κ1) is 14.3. The van der Waals surface area contributed by atoms with Gasteiger partial charge in [0, 0.05) is 11.5 Å². The van der Waals surface area contributed by atoms with Crippen LogP contribution in [0, 0.1) is 0 Å². The second kappa shape index (κ2) is 5.48. The van der Waals surface area contributed by atoms with E-state index in [0.29, 0.717) is 16.9 Å². The molecule has 5 heteroatoms. The summed E-state index contributed by atoms with van der Waals surface area (Å²) in [5.74, 6) is 0.511. The van der Waals surface area contributed by atoms with Crippen molar-refractivity contribution in [2.75, 3.05) is 13.7 Å². The van der Waals surface area contributed by atoms with Crippen molar-refractivity contribution in [3.8, 4) is 5.75 Å². The Hall–Kier alpha value is -2.11. The Bertz CT molecular complexity index is 697. The average Bonchev–Trinajstić information content (AvgIpc) is 2.44. The second-order valence-electron chi connectivity index (χ2n) is 4.70. The van der Waals surface area contributed by atoms with Gasteiger partial charge < -0.3 is 19.4 Å². The van der Waals surface area contributed by atoms with Gasteiger partial charge in [0.15, 0.2) is 0 Å². The SMILES string of the molecule is COc1ccc2ccc(=O)oc2c1/C=C/[C@@](C)(O)CO. The molecule has 1 aromatic carbocycles. The third-order valence-corrected chi connectivity index (χ3v) is 2.94. The van der Waals surface area contributed by atoms with Crippen LogP contribution in [0.1, 0.15) is 12.5 Å². The van der Waals surface area contributed by atoms with Crippen LogP contribution < -0.4 is 10.4 Å². The molecule has 0 amide bonds. The number of benzene rings is 1. The monoisotopic (exact) mass is 276 g/mol. The molecule has 0 saturated carbocycles. The molecule has 2 rings (SSSR count). The van der Waals surface area contributed by atoms with E-state index >= 15 is 0 Å². The van der Waals surface area contributed by atoms with E-state index in [9.17, 15) is 9.90 Å². The molecule has 0 unspecified atom stereocenters. The van der Waals surface area contributed by atoms with Crippen molar-refractivity contribution in [1.29, 1.82) is 0 Å². The lowest BCUT2D eigenvalue weighted by molar-refractivity contribution is 0.0442. The lowest BCUT2D eigenvalue weighted by Crippen LogP contribution is -2.25. The van der Waals surface area contributed by atoms with Gasteiger partial charge >= 0.3 is 5.63 Å². The fourth-order valence-corrected chi connectivity index (χ4v) is 1.79. The maximum absolute atomic E-state index is 11.4. The molecule has 0 radical (unpaired) electrons. The van der Waals surface area contributed by atoms with Crippen molar-refractivity contribution in [3.63, 3.8) is 0 Å². The molecule has 106 valence electrons. The van der Waals surface area contributed by atoms with Crippen molar-refractivity contribution in [2.24, 2.45) is 0 Å². The van der Waals surface area contributed by atoms with Crippen molar-refractivity contribution in [3.05, 3.63) is 46.3 Å². The van der Waals surface area contributed by atoms with E-state index in [1.165, 1.54) is 26.2 Å². The molecule has 0 bridgehead atoms. The fourth-order valence-electron chi connectivity index (χ4n) is 1.79. The van der Waals surface area contributed by atoms with Crippen molar-refractivity contribution < 1.29 is 19.4 Å². The van der Waals surface area contributed by atoms with E-state index in [-0.39, 0.29) is 0 Å². The highest BCUT2D eigenvalue weighted by Crippen LogP contribution is 2.29. The van der Waals surface area contributed by atoms with Gasteiger partial charge in [-0.05, 0) is 31.2 Å². The Morgan fingerprint density at radius 3 is 2.70 bits per heavy atom. The van der Waals surface area contributed by atoms with E-state index in [1.54, 1.807) is 24.3 Å². The van der Waals surface area contributed by atoms with Gasteiger partial charge in [0.2, 0.25) is 0 Å². The Labute approximate surface area is 115 Å². The minimum atomic E-state index is -1.36. The smallest absolute Gasteiger partial charge is 0.336 e. The first-order valence-corrected chi connectivity index (χ1v) is 6.10. The first-order chi connectivity index (χ1) is 9.46. The number of fused-ring (bicyclic) bond motifs is 1. The fraction of sp³-hybridized carbons (Fsp3) is 0.267. The van der Waals surface area contributed by atoms with Gasteiger partial charge in [0.1, 0.15) is 16.9 Å². The van der Waals surface area contributed by atoms with Crippen LogP contribution in [-0.4, -0.2) is 29.5 Å². The normalized spacial score (nSPS) is 14.6. The molecule has 0 fully saturated rings. The van der Waals surface area contributed by atoms with Gasteiger partial charge in [-0.25, -0.2) is 4.79 Å². The van der Waals surface area contributed by atoms with Crippen molar-refractivity contribution >= 4 is 17.0 Å². The Morgan fingerprint density at radius 1 is 1.35 bits per heavy atom. The summed E-state index contributed by atoms with van der Waals surface area (Å²) < 4.78 is 10.4. The second-order valence-corrected chi connectivity index (χ2v) is 4.70. The molecule has 5 nitrogen and oxygen atoms in total. The minimum Gasteiger partial charge on any atom is -0.496 e. The third kappa shape index (κ3) is 2.89. The molecule has 0 aliphatic rings. The highest BCUT2D eigenvalue weighted by molar-refractivity contribution is 5.88. The van der Waals surface area contributed by atoms with Crippen LogP contribution in [0.15, 0.2) is 39.6 Å². The number of ether oxygens (including phenoxy) is 1. The van der Waals surface area contributed by atoms with Crippen LogP contribution in [0.25, 0.3) is 17.0 Å². The predicted molar refractivity (Wildman–Crippen MR) is 75.8 cm³/mol. The van der Waals surface area contributed by atoms with Crippen LogP contribution >= 0.6 is 0 Å². The Kier molecular flexibility index (Phi) is 3.92. The Morgan fingerprint density at radius 2 is 2.05 bits per heavy atom. The molecule has 0 aliphatic heterocycles. The van der Waals surface area contributed by atoms with Gasteiger partial charge in [-0.1, -0.05) is 6.08 Å². The molecular weight excluding hydrogens is 260 g/mol. The third-order valence-electron chi connectivity index (χ3n) is 2.94. The highest BCUT2D eigenvalue weighted by atomic mass is 16.5. The number of aliphatic hydroxyl groups is 2. The largest absolute Gasteiger partial charge is 0.496 e. The standard InChI is InChI=1S/C15H16O5/c1-15(18,9-16)8-7-11-12(19-2)5-3-10-4-6-13(17)20-14(10)11/h3-8,16,18H,9H2,1-2H3/b8-7+/t15-/m1/s1. The number of methoxy groups -OCH3 is 1.